The van der Waals surface area contributed by atoms with Crippen LogP contribution >= 0.6 is 0 Å². The van der Waals surface area contributed by atoms with Crippen LogP contribution in [0.1, 0.15) is 70.4 Å². The average molecular weight is 312 g/mol. The molecule has 0 saturated heterocycles. The third-order valence-electron chi connectivity index (χ3n) is 6.88. The molecular formula is C21H28O2. The van der Waals surface area contributed by atoms with Gasteiger partial charge in [-0.3, -0.25) is 4.79 Å². The molecule has 0 aromatic heterocycles. The molecule has 4 saturated carbocycles. The number of carboxylic acid groups (broad SMARTS) is 1. The Morgan fingerprint density at radius 1 is 1.04 bits per heavy atom. The molecular weight excluding hydrogens is 284 g/mol. The van der Waals surface area contributed by atoms with Crippen LogP contribution in [-0.2, 0) is 15.6 Å². The maximum absolute atomic E-state index is 12.0. The Bertz CT molecular complexity index is 621. The molecule has 5 rings (SSSR count). The van der Waals surface area contributed by atoms with Gasteiger partial charge < -0.3 is 5.11 Å². The highest BCUT2D eigenvalue weighted by Crippen LogP contribution is 2.65. The first-order valence-corrected chi connectivity index (χ1v) is 9.07. The largest absolute Gasteiger partial charge is 0.481 e. The van der Waals surface area contributed by atoms with Crippen LogP contribution in [0.4, 0.5) is 0 Å². The minimum absolute atomic E-state index is 0.124. The molecule has 23 heavy (non-hydrogen) atoms. The zero-order valence-electron chi connectivity index (χ0n) is 14.6. The van der Waals surface area contributed by atoms with Gasteiger partial charge in [0.2, 0.25) is 0 Å². The van der Waals surface area contributed by atoms with Crippen molar-refractivity contribution >= 4 is 5.97 Å². The third-order valence-corrected chi connectivity index (χ3v) is 6.88. The van der Waals surface area contributed by atoms with Crippen LogP contribution in [0.2, 0.25) is 0 Å². The maximum Gasteiger partial charge on any atom is 0.309 e. The van der Waals surface area contributed by atoms with Crippen LogP contribution in [0.3, 0.4) is 0 Å². The zero-order valence-corrected chi connectivity index (χ0v) is 14.6. The Kier molecular flexibility index (Phi) is 3.06. The molecule has 2 heteroatoms. The Hall–Kier alpha value is -1.31. The Labute approximate surface area is 139 Å². The SMILES string of the molecule is CC(C)(C)c1ccc(C23C[C@@H]4C[C@@H](CC(C(=O)O)(C4)C2)C3)cc1. The van der Waals surface area contributed by atoms with Crippen LogP contribution in [0.25, 0.3) is 0 Å². The van der Waals surface area contributed by atoms with Gasteiger partial charge in [-0.15, -0.1) is 0 Å². The fourth-order valence-electron chi connectivity index (χ4n) is 6.17. The minimum atomic E-state index is -0.540. The number of aliphatic carboxylic acids is 1. The first-order chi connectivity index (χ1) is 10.7. The molecule has 4 aliphatic rings. The first-order valence-electron chi connectivity index (χ1n) is 9.07. The monoisotopic (exact) mass is 312 g/mol. The van der Waals surface area contributed by atoms with Gasteiger partial charge in [0.15, 0.2) is 0 Å². The summed E-state index contributed by atoms with van der Waals surface area (Å²) in [5, 5.41) is 9.89. The van der Waals surface area contributed by atoms with Crippen molar-refractivity contribution in [1.29, 1.82) is 0 Å². The van der Waals surface area contributed by atoms with Gasteiger partial charge in [-0.25, -0.2) is 0 Å². The molecule has 2 nitrogen and oxygen atoms in total. The van der Waals surface area contributed by atoms with E-state index in [9.17, 15) is 9.90 Å². The minimum Gasteiger partial charge on any atom is -0.481 e. The summed E-state index contributed by atoms with van der Waals surface area (Å²) in [6.07, 6.45) is 6.36. The van der Waals surface area contributed by atoms with Gasteiger partial charge >= 0.3 is 5.97 Å². The number of carboxylic acids is 1. The van der Waals surface area contributed by atoms with Crippen LogP contribution in [0.15, 0.2) is 24.3 Å². The second-order valence-electron chi connectivity index (χ2n) is 9.65. The van der Waals surface area contributed by atoms with E-state index in [1.54, 1.807) is 0 Å². The Morgan fingerprint density at radius 3 is 2.09 bits per heavy atom. The van der Waals surface area contributed by atoms with E-state index in [1.807, 2.05) is 0 Å². The summed E-state index contributed by atoms with van der Waals surface area (Å²) in [4.78, 5) is 12.0. The van der Waals surface area contributed by atoms with E-state index in [4.69, 9.17) is 0 Å². The van der Waals surface area contributed by atoms with Gasteiger partial charge in [-0.05, 0) is 72.3 Å². The van der Waals surface area contributed by atoms with Gasteiger partial charge in [0.05, 0.1) is 5.41 Å². The van der Waals surface area contributed by atoms with Crippen molar-refractivity contribution < 1.29 is 9.90 Å². The standard InChI is InChI=1S/C21H28O2/c1-19(2,3)16-4-6-17(7-5-16)20-9-14-8-15(10-20)12-21(11-14,13-20)18(22)23/h4-7,14-15H,8-13H2,1-3H3,(H,22,23)/t14-,15+,20?,21?. The highest BCUT2D eigenvalue weighted by molar-refractivity contribution is 5.76. The topological polar surface area (TPSA) is 37.3 Å². The first kappa shape index (κ1) is 15.2. The summed E-state index contributed by atoms with van der Waals surface area (Å²) in [6, 6.07) is 9.12. The second kappa shape index (κ2) is 4.62. The molecule has 4 bridgehead atoms. The van der Waals surface area contributed by atoms with Gasteiger partial charge in [0, 0.05) is 0 Å². The molecule has 0 aliphatic heterocycles. The molecule has 0 radical (unpaired) electrons. The highest BCUT2D eigenvalue weighted by Gasteiger charge is 2.61. The smallest absolute Gasteiger partial charge is 0.309 e. The van der Waals surface area contributed by atoms with E-state index < -0.39 is 11.4 Å². The van der Waals surface area contributed by atoms with Crippen molar-refractivity contribution in [3.63, 3.8) is 0 Å². The average Bonchev–Trinajstić information content (AvgIpc) is 2.45. The predicted octanol–water partition coefficient (Wildman–Crippen LogP) is 4.91. The van der Waals surface area contributed by atoms with E-state index in [2.05, 4.69) is 45.0 Å². The molecule has 0 heterocycles. The third kappa shape index (κ3) is 2.25. The van der Waals surface area contributed by atoms with Crippen LogP contribution in [-0.4, -0.2) is 11.1 Å². The van der Waals surface area contributed by atoms with Crippen LogP contribution in [0.5, 0.6) is 0 Å². The number of hydrogen-bond acceptors (Lipinski definition) is 1. The molecule has 0 spiro atoms. The summed E-state index contributed by atoms with van der Waals surface area (Å²) in [7, 11) is 0. The van der Waals surface area contributed by atoms with Crippen LogP contribution < -0.4 is 0 Å². The summed E-state index contributed by atoms with van der Waals surface area (Å²) in [5.41, 5.74) is 2.61. The van der Waals surface area contributed by atoms with Crippen molar-refractivity contribution in [2.75, 3.05) is 0 Å². The fraction of sp³-hybridized carbons (Fsp3) is 0.667. The van der Waals surface area contributed by atoms with Gasteiger partial charge in [-0.1, -0.05) is 45.0 Å². The fourth-order valence-corrected chi connectivity index (χ4v) is 6.17. The highest BCUT2D eigenvalue weighted by atomic mass is 16.4. The predicted molar refractivity (Wildman–Crippen MR) is 91.6 cm³/mol. The molecule has 0 amide bonds. The number of carbonyl (C=O) groups is 1. The second-order valence-corrected chi connectivity index (χ2v) is 9.65. The Morgan fingerprint density at radius 2 is 1.61 bits per heavy atom. The van der Waals surface area contributed by atoms with Crippen molar-refractivity contribution in [3.05, 3.63) is 35.4 Å². The molecule has 1 aromatic carbocycles. The summed E-state index contributed by atoms with van der Waals surface area (Å²) >= 11 is 0. The van der Waals surface area contributed by atoms with Crippen molar-refractivity contribution in [1.82, 2.24) is 0 Å². The molecule has 124 valence electrons. The summed E-state index contributed by atoms with van der Waals surface area (Å²) < 4.78 is 0. The van der Waals surface area contributed by atoms with Crippen molar-refractivity contribution in [2.45, 2.75) is 70.1 Å². The van der Waals surface area contributed by atoms with Gasteiger partial charge in [0.1, 0.15) is 0 Å². The maximum atomic E-state index is 12.0. The lowest BCUT2D eigenvalue weighted by molar-refractivity contribution is -0.167. The van der Waals surface area contributed by atoms with Gasteiger partial charge in [0.25, 0.3) is 0 Å². The molecule has 4 aliphatic carbocycles. The number of hydrogen-bond donors (Lipinski definition) is 1. The van der Waals surface area contributed by atoms with Crippen molar-refractivity contribution in [2.24, 2.45) is 17.3 Å². The molecule has 2 unspecified atom stereocenters. The van der Waals surface area contributed by atoms with E-state index in [1.165, 1.54) is 30.4 Å². The Balaban J connectivity index is 1.72. The van der Waals surface area contributed by atoms with Gasteiger partial charge in [-0.2, -0.15) is 0 Å². The molecule has 1 N–H and O–H groups in total. The molecule has 1 aromatic rings. The number of benzene rings is 1. The van der Waals surface area contributed by atoms with E-state index in [-0.39, 0.29) is 10.8 Å². The summed E-state index contributed by atoms with van der Waals surface area (Å²) in [5.74, 6) is 0.701. The van der Waals surface area contributed by atoms with E-state index in [0.717, 1.165) is 19.3 Å². The lowest BCUT2D eigenvalue weighted by atomic mass is 9.43. The normalized spacial score (nSPS) is 38.7. The number of rotatable bonds is 2. The van der Waals surface area contributed by atoms with E-state index >= 15 is 0 Å². The molecule has 4 fully saturated rings. The van der Waals surface area contributed by atoms with Crippen molar-refractivity contribution in [3.8, 4) is 0 Å². The van der Waals surface area contributed by atoms with E-state index in [0.29, 0.717) is 11.8 Å². The quantitative estimate of drug-likeness (QED) is 0.842. The summed E-state index contributed by atoms with van der Waals surface area (Å²) in [6.45, 7) is 6.73. The molecule has 4 atom stereocenters. The van der Waals surface area contributed by atoms with Crippen LogP contribution in [0, 0.1) is 17.3 Å². The zero-order chi connectivity index (χ0) is 16.5. The lowest BCUT2D eigenvalue weighted by Crippen LogP contribution is -2.56. The lowest BCUT2D eigenvalue weighted by Gasteiger charge is -2.60.